The maximum absolute atomic E-state index is 11.5. The Labute approximate surface area is 163 Å². The van der Waals surface area contributed by atoms with Crippen molar-refractivity contribution in [3.8, 4) is 0 Å². The molecule has 5 atom stereocenters. The molecule has 1 aromatic rings. The summed E-state index contributed by atoms with van der Waals surface area (Å²) in [7, 11) is -3.55. The third-order valence-electron chi connectivity index (χ3n) is 4.07. The van der Waals surface area contributed by atoms with Crippen LogP contribution in [0.25, 0.3) is 0 Å². The van der Waals surface area contributed by atoms with E-state index in [4.69, 9.17) is 9.47 Å². The second-order valence-electron chi connectivity index (χ2n) is 6.44. The number of aliphatic imine (C=N–C) groups is 1. The predicted octanol–water partition coefficient (Wildman–Crippen LogP) is -1.66. The van der Waals surface area contributed by atoms with Gasteiger partial charge >= 0.3 is 0 Å². The van der Waals surface area contributed by atoms with Crippen LogP contribution in [0.3, 0.4) is 0 Å². The Morgan fingerprint density at radius 1 is 1.18 bits per heavy atom. The summed E-state index contributed by atoms with van der Waals surface area (Å²) in [4.78, 5) is 4.25. The highest BCUT2D eigenvalue weighted by Crippen LogP contribution is 2.22. The van der Waals surface area contributed by atoms with Gasteiger partial charge in [-0.25, -0.2) is 8.42 Å². The van der Waals surface area contributed by atoms with Crippen molar-refractivity contribution in [1.29, 1.82) is 0 Å². The van der Waals surface area contributed by atoms with Crippen molar-refractivity contribution in [2.75, 3.05) is 19.5 Å². The molecule has 5 N–H and O–H groups in total. The average molecular weight is 418 g/mol. The monoisotopic (exact) mass is 418 g/mol. The van der Waals surface area contributed by atoms with Crippen molar-refractivity contribution >= 4 is 15.9 Å². The molecule has 0 bridgehead atoms. The first-order valence-corrected chi connectivity index (χ1v) is 10.6. The normalized spacial score (nSPS) is 28.9. The van der Waals surface area contributed by atoms with E-state index >= 15 is 0 Å². The summed E-state index contributed by atoms with van der Waals surface area (Å²) in [5.41, 5.74) is 0.894. The summed E-state index contributed by atoms with van der Waals surface area (Å²) in [6.07, 6.45) is -5.84. The minimum atomic E-state index is -3.55. The third-order valence-corrected chi connectivity index (χ3v) is 4.67. The van der Waals surface area contributed by atoms with Crippen LogP contribution in [0.5, 0.6) is 0 Å². The van der Waals surface area contributed by atoms with Gasteiger partial charge in [-0.1, -0.05) is 30.3 Å². The summed E-state index contributed by atoms with van der Waals surface area (Å²) in [5.74, 6) is 0.163. The molecule has 0 aliphatic carbocycles. The first-order chi connectivity index (χ1) is 13.2. The Kier molecular flexibility index (Phi) is 8.31. The number of hydrogen-bond donors (Lipinski definition) is 5. The second-order valence-corrected chi connectivity index (χ2v) is 8.19. The molecular weight excluding hydrogens is 392 g/mol. The van der Waals surface area contributed by atoms with E-state index in [9.17, 15) is 28.8 Å². The molecule has 1 saturated heterocycles. The van der Waals surface area contributed by atoms with Crippen molar-refractivity contribution in [3.05, 3.63) is 35.9 Å². The highest BCUT2D eigenvalue weighted by Gasteiger charge is 2.43. The topological polar surface area (TPSA) is 158 Å². The fourth-order valence-electron chi connectivity index (χ4n) is 2.62. The number of amidine groups is 1. The number of hydrogen-bond acceptors (Lipinski definition) is 9. The molecule has 1 aromatic carbocycles. The second kappa shape index (κ2) is 10.3. The van der Waals surface area contributed by atoms with Gasteiger partial charge in [-0.2, -0.15) is 0 Å². The van der Waals surface area contributed by atoms with Gasteiger partial charge in [0.2, 0.25) is 10.0 Å². The van der Waals surface area contributed by atoms with Gasteiger partial charge in [0.05, 0.1) is 26.0 Å². The highest BCUT2D eigenvalue weighted by atomic mass is 32.2. The Morgan fingerprint density at radius 2 is 1.86 bits per heavy atom. The maximum atomic E-state index is 11.5. The zero-order chi connectivity index (χ0) is 20.7. The zero-order valence-corrected chi connectivity index (χ0v) is 16.2. The van der Waals surface area contributed by atoms with E-state index in [1.807, 2.05) is 30.3 Å². The minimum absolute atomic E-state index is 0.0644. The summed E-state index contributed by atoms with van der Waals surface area (Å²) in [5, 5.41) is 38.6. The van der Waals surface area contributed by atoms with E-state index in [-0.39, 0.29) is 25.4 Å². The van der Waals surface area contributed by atoms with Gasteiger partial charge in [0, 0.05) is 6.42 Å². The third kappa shape index (κ3) is 6.78. The molecule has 1 aliphatic heterocycles. The summed E-state index contributed by atoms with van der Waals surface area (Å²) in [6, 6.07) is 9.25. The van der Waals surface area contributed by atoms with Gasteiger partial charge in [-0.05, 0) is 5.56 Å². The SMILES string of the molecule is CS(=O)(=O)NC(CCO[C@@H]1O[C@H](CO)[C@H](O)[C@H](O)[C@H]1O)=NCc1ccccc1. The van der Waals surface area contributed by atoms with Gasteiger partial charge in [0.25, 0.3) is 0 Å². The number of aliphatic hydroxyl groups excluding tert-OH is 4. The average Bonchev–Trinajstić information content (AvgIpc) is 2.65. The van der Waals surface area contributed by atoms with E-state index in [1.165, 1.54) is 0 Å². The molecular formula is C17H26N2O8S. The fourth-order valence-corrected chi connectivity index (χ4v) is 3.22. The van der Waals surface area contributed by atoms with Gasteiger partial charge in [-0.15, -0.1) is 0 Å². The molecule has 0 unspecified atom stereocenters. The number of rotatable bonds is 8. The number of aliphatic hydroxyl groups is 4. The van der Waals surface area contributed by atoms with Crippen LogP contribution in [-0.4, -0.2) is 84.9 Å². The van der Waals surface area contributed by atoms with Crippen LogP contribution in [0.1, 0.15) is 12.0 Å². The lowest BCUT2D eigenvalue weighted by Gasteiger charge is -2.39. The zero-order valence-electron chi connectivity index (χ0n) is 15.4. The van der Waals surface area contributed by atoms with Crippen molar-refractivity contribution in [2.24, 2.45) is 4.99 Å². The van der Waals surface area contributed by atoms with Gasteiger partial charge in [0.15, 0.2) is 6.29 Å². The molecule has 1 heterocycles. The molecule has 2 rings (SSSR count). The summed E-state index contributed by atoms with van der Waals surface area (Å²) < 4.78 is 36.0. The Balaban J connectivity index is 1.96. The molecule has 0 amide bonds. The minimum Gasteiger partial charge on any atom is -0.394 e. The van der Waals surface area contributed by atoms with E-state index < -0.39 is 47.3 Å². The van der Waals surface area contributed by atoms with Crippen molar-refractivity contribution in [1.82, 2.24) is 4.72 Å². The van der Waals surface area contributed by atoms with Gasteiger partial charge in [0.1, 0.15) is 30.3 Å². The molecule has 0 saturated carbocycles. The molecule has 0 aromatic heterocycles. The largest absolute Gasteiger partial charge is 0.394 e. The Bertz CT molecular complexity index is 741. The molecule has 0 radical (unpaired) electrons. The lowest BCUT2D eigenvalue weighted by atomic mass is 9.99. The van der Waals surface area contributed by atoms with Crippen molar-refractivity contribution in [2.45, 2.75) is 43.7 Å². The van der Waals surface area contributed by atoms with E-state index in [0.29, 0.717) is 0 Å². The van der Waals surface area contributed by atoms with Crippen LogP contribution in [0.4, 0.5) is 0 Å². The van der Waals surface area contributed by atoms with Gasteiger partial charge < -0.3 is 29.9 Å². The van der Waals surface area contributed by atoms with Gasteiger partial charge in [-0.3, -0.25) is 9.71 Å². The van der Waals surface area contributed by atoms with E-state index in [1.54, 1.807) is 0 Å². The maximum Gasteiger partial charge on any atom is 0.230 e. The fraction of sp³-hybridized carbons (Fsp3) is 0.588. The van der Waals surface area contributed by atoms with Crippen LogP contribution >= 0.6 is 0 Å². The quantitative estimate of drug-likeness (QED) is 0.248. The molecule has 10 nitrogen and oxygen atoms in total. The number of benzene rings is 1. The number of ether oxygens (including phenoxy) is 2. The summed E-state index contributed by atoms with van der Waals surface area (Å²) >= 11 is 0. The van der Waals surface area contributed by atoms with Crippen LogP contribution in [-0.2, 0) is 26.0 Å². The molecule has 158 valence electrons. The first kappa shape index (κ1) is 22.7. The number of nitrogens with one attached hydrogen (secondary N) is 1. The molecule has 0 spiro atoms. The molecule has 1 aliphatic rings. The van der Waals surface area contributed by atoms with Crippen LogP contribution in [0.15, 0.2) is 35.3 Å². The van der Waals surface area contributed by atoms with Crippen molar-refractivity contribution in [3.63, 3.8) is 0 Å². The highest BCUT2D eigenvalue weighted by molar-refractivity contribution is 7.89. The Morgan fingerprint density at radius 3 is 2.46 bits per heavy atom. The van der Waals surface area contributed by atoms with Crippen LogP contribution < -0.4 is 4.72 Å². The lowest BCUT2D eigenvalue weighted by molar-refractivity contribution is -0.300. The molecule has 28 heavy (non-hydrogen) atoms. The van der Waals surface area contributed by atoms with Crippen LogP contribution in [0.2, 0.25) is 0 Å². The number of nitrogens with zero attached hydrogens (tertiary/aromatic N) is 1. The predicted molar refractivity (Wildman–Crippen MR) is 99.9 cm³/mol. The standard InChI is InChI=1S/C17H26N2O8S/c1-28(24,25)19-13(18-9-11-5-3-2-4-6-11)7-8-26-17-16(23)15(22)14(21)12(10-20)27-17/h2-6,12,14-17,20-23H,7-10H2,1H3,(H,18,19)/t12-,14+,15+,16-,17-/m1/s1. The van der Waals surface area contributed by atoms with Crippen LogP contribution in [0, 0.1) is 0 Å². The first-order valence-electron chi connectivity index (χ1n) is 8.68. The van der Waals surface area contributed by atoms with Crippen molar-refractivity contribution < 1.29 is 38.3 Å². The molecule has 11 heteroatoms. The van der Waals surface area contributed by atoms with E-state index in [2.05, 4.69) is 9.71 Å². The smallest absolute Gasteiger partial charge is 0.230 e. The number of sulfonamides is 1. The Hall–Kier alpha value is -1.60. The molecule has 1 fully saturated rings. The van der Waals surface area contributed by atoms with E-state index in [0.717, 1.165) is 11.8 Å². The lowest BCUT2D eigenvalue weighted by Crippen LogP contribution is -2.59. The summed E-state index contributed by atoms with van der Waals surface area (Å²) in [6.45, 7) is -0.387.